The molecule has 0 amide bonds. The highest BCUT2D eigenvalue weighted by atomic mass is 15.3. The van der Waals surface area contributed by atoms with Gasteiger partial charge in [-0.2, -0.15) is 5.10 Å². The predicted molar refractivity (Wildman–Crippen MR) is 67.3 cm³/mol. The Morgan fingerprint density at radius 1 is 1.47 bits per heavy atom. The molecule has 1 fully saturated rings. The molecule has 4 nitrogen and oxygen atoms in total. The van der Waals surface area contributed by atoms with E-state index in [1.807, 2.05) is 23.0 Å². The van der Waals surface area contributed by atoms with Gasteiger partial charge in [-0.3, -0.25) is 9.67 Å². The second-order valence-corrected chi connectivity index (χ2v) is 4.73. The van der Waals surface area contributed by atoms with Crippen molar-refractivity contribution in [1.29, 1.82) is 0 Å². The average molecular weight is 228 g/mol. The Labute approximate surface area is 100 Å². The van der Waals surface area contributed by atoms with Crippen LogP contribution in [0.1, 0.15) is 25.8 Å². The summed E-state index contributed by atoms with van der Waals surface area (Å²) in [5.41, 5.74) is 8.56. The Balaban J connectivity index is 1.95. The third kappa shape index (κ3) is 1.90. The number of pyridine rings is 1. The van der Waals surface area contributed by atoms with Crippen LogP contribution in [-0.2, 0) is 0 Å². The maximum absolute atomic E-state index is 6.02. The Hall–Kier alpha value is -1.84. The summed E-state index contributed by atoms with van der Waals surface area (Å²) in [6, 6.07) is 4.33. The highest BCUT2D eigenvalue weighted by molar-refractivity contribution is 5.71. The lowest BCUT2D eigenvalue weighted by molar-refractivity contribution is 0.441. The molecule has 88 valence electrons. The van der Waals surface area contributed by atoms with Crippen LogP contribution in [0.5, 0.6) is 0 Å². The molecule has 2 N–H and O–H groups in total. The topological polar surface area (TPSA) is 56.7 Å². The van der Waals surface area contributed by atoms with E-state index < -0.39 is 0 Å². The summed E-state index contributed by atoms with van der Waals surface area (Å²) in [4.78, 5) is 4.10. The zero-order valence-electron chi connectivity index (χ0n) is 9.87. The molecule has 0 aliphatic heterocycles. The molecule has 0 radical (unpaired) electrons. The first kappa shape index (κ1) is 10.3. The van der Waals surface area contributed by atoms with Gasteiger partial charge in [-0.25, -0.2) is 0 Å². The first-order valence-electron chi connectivity index (χ1n) is 6.00. The molecule has 3 rings (SSSR count). The van der Waals surface area contributed by atoms with Crippen molar-refractivity contribution in [2.75, 3.05) is 5.73 Å². The largest absolute Gasteiger partial charge is 0.396 e. The van der Waals surface area contributed by atoms with E-state index in [1.165, 1.54) is 12.8 Å². The van der Waals surface area contributed by atoms with Crippen molar-refractivity contribution in [3.63, 3.8) is 0 Å². The monoisotopic (exact) mass is 228 g/mol. The summed E-state index contributed by atoms with van der Waals surface area (Å²) in [5, 5.41) is 4.59. The molecule has 1 aliphatic carbocycles. The van der Waals surface area contributed by atoms with Gasteiger partial charge in [0.05, 0.1) is 11.7 Å². The number of nitrogens with two attached hydrogens (primary N) is 1. The molecular formula is C13H16N4. The Morgan fingerprint density at radius 2 is 2.29 bits per heavy atom. The minimum absolute atomic E-state index is 0.447. The van der Waals surface area contributed by atoms with E-state index >= 15 is 0 Å². The number of hydrogen-bond acceptors (Lipinski definition) is 3. The van der Waals surface area contributed by atoms with Gasteiger partial charge in [-0.15, -0.1) is 0 Å². The third-order valence-electron chi connectivity index (χ3n) is 3.42. The smallest absolute Gasteiger partial charge is 0.117 e. The van der Waals surface area contributed by atoms with Crippen LogP contribution >= 0.6 is 0 Å². The van der Waals surface area contributed by atoms with Gasteiger partial charge in [-0.05, 0) is 37.8 Å². The van der Waals surface area contributed by atoms with E-state index in [-0.39, 0.29) is 0 Å². The van der Waals surface area contributed by atoms with Crippen LogP contribution in [0.3, 0.4) is 0 Å². The van der Waals surface area contributed by atoms with E-state index in [2.05, 4.69) is 17.0 Å². The highest BCUT2D eigenvalue weighted by Gasteiger charge is 2.30. The molecule has 0 aromatic carbocycles. The van der Waals surface area contributed by atoms with Crippen LogP contribution in [-0.4, -0.2) is 14.8 Å². The average Bonchev–Trinajstić information content (AvgIpc) is 3.13. The maximum Gasteiger partial charge on any atom is 0.117 e. The SMILES string of the molecule is CC(C1CC1)n1cc(N)c(-c2cccnc2)n1. The molecule has 1 aliphatic rings. The van der Waals surface area contributed by atoms with Crippen LogP contribution in [0.2, 0.25) is 0 Å². The van der Waals surface area contributed by atoms with Crippen LogP contribution in [0.4, 0.5) is 5.69 Å². The van der Waals surface area contributed by atoms with Crippen molar-refractivity contribution >= 4 is 5.69 Å². The summed E-state index contributed by atoms with van der Waals surface area (Å²) in [6.07, 6.45) is 8.10. The molecule has 4 heteroatoms. The van der Waals surface area contributed by atoms with Crippen LogP contribution in [0.25, 0.3) is 11.3 Å². The fraction of sp³-hybridized carbons (Fsp3) is 0.385. The van der Waals surface area contributed by atoms with Gasteiger partial charge >= 0.3 is 0 Å². The number of rotatable bonds is 3. The second-order valence-electron chi connectivity index (χ2n) is 4.73. The standard InChI is InChI=1S/C13H16N4/c1-9(10-4-5-10)17-8-12(14)13(16-17)11-3-2-6-15-7-11/h2-3,6-10H,4-5,14H2,1H3. The van der Waals surface area contributed by atoms with Gasteiger partial charge in [0.1, 0.15) is 5.69 Å². The fourth-order valence-corrected chi connectivity index (χ4v) is 2.14. The number of anilines is 1. The molecule has 0 saturated heterocycles. The van der Waals surface area contributed by atoms with Crippen LogP contribution < -0.4 is 5.73 Å². The summed E-state index contributed by atoms with van der Waals surface area (Å²) < 4.78 is 2.00. The number of hydrogen-bond donors (Lipinski definition) is 1. The number of aromatic nitrogens is 3. The summed E-state index contributed by atoms with van der Waals surface area (Å²) in [5.74, 6) is 0.774. The number of nitrogen functional groups attached to an aromatic ring is 1. The molecule has 17 heavy (non-hydrogen) atoms. The summed E-state index contributed by atoms with van der Waals surface area (Å²) >= 11 is 0. The third-order valence-corrected chi connectivity index (χ3v) is 3.42. The highest BCUT2D eigenvalue weighted by Crippen LogP contribution is 2.40. The quantitative estimate of drug-likeness (QED) is 0.878. The molecule has 2 aromatic rings. The van der Waals surface area contributed by atoms with Crippen molar-refractivity contribution in [3.8, 4) is 11.3 Å². The minimum atomic E-state index is 0.447. The second kappa shape index (κ2) is 3.87. The van der Waals surface area contributed by atoms with E-state index in [1.54, 1.807) is 12.4 Å². The summed E-state index contributed by atoms with van der Waals surface area (Å²) in [7, 11) is 0. The normalized spacial score (nSPS) is 17.0. The van der Waals surface area contributed by atoms with E-state index in [0.717, 1.165) is 22.9 Å². The molecule has 1 unspecified atom stereocenters. The van der Waals surface area contributed by atoms with Crippen LogP contribution in [0.15, 0.2) is 30.7 Å². The zero-order valence-corrected chi connectivity index (χ0v) is 9.87. The van der Waals surface area contributed by atoms with Gasteiger partial charge in [0.2, 0.25) is 0 Å². The molecule has 2 heterocycles. The van der Waals surface area contributed by atoms with Crippen molar-refractivity contribution in [2.45, 2.75) is 25.8 Å². The molecular weight excluding hydrogens is 212 g/mol. The van der Waals surface area contributed by atoms with E-state index in [0.29, 0.717) is 6.04 Å². The van der Waals surface area contributed by atoms with Gasteiger partial charge in [0, 0.05) is 24.2 Å². The lowest BCUT2D eigenvalue weighted by Crippen LogP contribution is -2.07. The molecule has 0 spiro atoms. The molecule has 1 saturated carbocycles. The first-order chi connectivity index (χ1) is 8.25. The Morgan fingerprint density at radius 3 is 2.94 bits per heavy atom. The molecule has 2 aromatic heterocycles. The van der Waals surface area contributed by atoms with Crippen molar-refractivity contribution < 1.29 is 0 Å². The minimum Gasteiger partial charge on any atom is -0.396 e. The summed E-state index contributed by atoms with van der Waals surface area (Å²) in [6.45, 7) is 2.21. The molecule has 0 bridgehead atoms. The lowest BCUT2D eigenvalue weighted by Gasteiger charge is -2.09. The molecule has 1 atom stereocenters. The van der Waals surface area contributed by atoms with Crippen molar-refractivity contribution in [1.82, 2.24) is 14.8 Å². The van der Waals surface area contributed by atoms with E-state index in [4.69, 9.17) is 5.73 Å². The zero-order chi connectivity index (χ0) is 11.8. The van der Waals surface area contributed by atoms with E-state index in [9.17, 15) is 0 Å². The van der Waals surface area contributed by atoms with Gasteiger partial charge in [-0.1, -0.05) is 0 Å². The maximum atomic E-state index is 6.02. The van der Waals surface area contributed by atoms with Crippen molar-refractivity contribution in [3.05, 3.63) is 30.7 Å². The lowest BCUT2D eigenvalue weighted by atomic mass is 10.2. The fourth-order valence-electron chi connectivity index (χ4n) is 2.14. The number of nitrogens with zero attached hydrogens (tertiary/aromatic N) is 3. The predicted octanol–water partition coefficient (Wildman–Crippen LogP) is 2.50. The van der Waals surface area contributed by atoms with Gasteiger partial charge in [0.25, 0.3) is 0 Å². The first-order valence-corrected chi connectivity index (χ1v) is 6.00. The van der Waals surface area contributed by atoms with Crippen molar-refractivity contribution in [2.24, 2.45) is 5.92 Å². The van der Waals surface area contributed by atoms with Gasteiger partial charge in [0.15, 0.2) is 0 Å². The van der Waals surface area contributed by atoms with Gasteiger partial charge < -0.3 is 5.73 Å². The van der Waals surface area contributed by atoms with Crippen LogP contribution in [0, 0.1) is 5.92 Å². The Kier molecular flexibility index (Phi) is 2.35. The Bertz CT molecular complexity index is 513.